The van der Waals surface area contributed by atoms with E-state index >= 15 is 0 Å². The van der Waals surface area contributed by atoms with E-state index in [1.807, 2.05) is 0 Å². The summed E-state index contributed by atoms with van der Waals surface area (Å²) in [6.07, 6.45) is -3.22. The van der Waals surface area contributed by atoms with Crippen molar-refractivity contribution in [3.05, 3.63) is 0 Å². The van der Waals surface area contributed by atoms with Crippen molar-refractivity contribution in [3.63, 3.8) is 0 Å². The molecule has 0 heterocycles. The third-order valence-electron chi connectivity index (χ3n) is 0.524. The SMILES string of the molecule is O=C(O)OC(=O)OCC(Cl)(Cl)Cl. The molecule has 70 valence electrons. The van der Waals surface area contributed by atoms with Gasteiger partial charge in [0.2, 0.25) is 3.79 Å². The highest BCUT2D eigenvalue weighted by Gasteiger charge is 2.23. The van der Waals surface area contributed by atoms with Crippen LogP contribution in [0.1, 0.15) is 0 Å². The fourth-order valence-corrected chi connectivity index (χ4v) is 0.405. The number of hydrogen-bond acceptors (Lipinski definition) is 4. The van der Waals surface area contributed by atoms with E-state index in [9.17, 15) is 9.59 Å². The van der Waals surface area contributed by atoms with E-state index in [1.165, 1.54) is 0 Å². The van der Waals surface area contributed by atoms with Crippen LogP contribution in [0.3, 0.4) is 0 Å². The molecule has 0 saturated carbocycles. The molecule has 8 heteroatoms. The third-order valence-corrected chi connectivity index (χ3v) is 0.852. The molecule has 5 nitrogen and oxygen atoms in total. The van der Waals surface area contributed by atoms with Gasteiger partial charge < -0.3 is 14.6 Å². The Hall–Kier alpha value is -0.390. The van der Waals surface area contributed by atoms with Crippen molar-refractivity contribution in [1.82, 2.24) is 0 Å². The van der Waals surface area contributed by atoms with Crippen LogP contribution < -0.4 is 0 Å². The second-order valence-electron chi connectivity index (χ2n) is 1.52. The van der Waals surface area contributed by atoms with Gasteiger partial charge in [0.1, 0.15) is 6.61 Å². The van der Waals surface area contributed by atoms with Gasteiger partial charge in [-0.2, -0.15) is 0 Å². The van der Waals surface area contributed by atoms with Gasteiger partial charge in [0.25, 0.3) is 0 Å². The zero-order valence-corrected chi connectivity index (χ0v) is 7.69. The van der Waals surface area contributed by atoms with Gasteiger partial charge in [-0.25, -0.2) is 9.59 Å². The summed E-state index contributed by atoms with van der Waals surface area (Å²) in [5, 5.41) is 7.89. The maximum absolute atomic E-state index is 10.3. The van der Waals surface area contributed by atoms with Crippen LogP contribution in [0, 0.1) is 0 Å². The molecule has 0 saturated heterocycles. The molecule has 0 aliphatic rings. The molecule has 0 rings (SSSR count). The zero-order chi connectivity index (χ0) is 9.78. The fourth-order valence-electron chi connectivity index (χ4n) is 0.242. The molecule has 0 aromatic carbocycles. The lowest BCUT2D eigenvalue weighted by atomic mass is 10.8. The summed E-state index contributed by atoms with van der Waals surface area (Å²) in [5.74, 6) is 0. The molecule has 0 unspecified atom stereocenters. The second kappa shape index (κ2) is 4.59. The van der Waals surface area contributed by atoms with Crippen LogP contribution in [0.15, 0.2) is 0 Å². The molecule has 0 amide bonds. The Balaban J connectivity index is 3.65. The van der Waals surface area contributed by atoms with Gasteiger partial charge in [-0.15, -0.1) is 0 Å². The zero-order valence-electron chi connectivity index (χ0n) is 5.42. The van der Waals surface area contributed by atoms with Gasteiger partial charge >= 0.3 is 12.3 Å². The number of hydrogen-bond donors (Lipinski definition) is 1. The summed E-state index contributed by atoms with van der Waals surface area (Å²) in [7, 11) is 0. The van der Waals surface area contributed by atoms with Gasteiger partial charge in [0, 0.05) is 0 Å². The van der Waals surface area contributed by atoms with Gasteiger partial charge in [-0.3, -0.25) is 0 Å². The molecular weight excluding hydrogens is 234 g/mol. The topological polar surface area (TPSA) is 72.8 Å². The normalized spacial score (nSPS) is 10.6. The highest BCUT2D eigenvalue weighted by Crippen LogP contribution is 2.25. The summed E-state index contributed by atoms with van der Waals surface area (Å²) in [6, 6.07) is 0. The lowest BCUT2D eigenvalue weighted by molar-refractivity contribution is 0.0557. The lowest BCUT2D eigenvalue weighted by Gasteiger charge is -2.09. The van der Waals surface area contributed by atoms with Crippen molar-refractivity contribution in [2.45, 2.75) is 3.79 Å². The summed E-state index contributed by atoms with van der Waals surface area (Å²) in [6.45, 7) is -0.580. The summed E-state index contributed by atoms with van der Waals surface area (Å²) >= 11 is 15.5. The molecule has 12 heavy (non-hydrogen) atoms. The molecule has 0 atom stereocenters. The van der Waals surface area contributed by atoms with E-state index in [1.54, 1.807) is 0 Å². The Morgan fingerprint density at radius 3 is 2.17 bits per heavy atom. The predicted molar refractivity (Wildman–Crippen MR) is 40.7 cm³/mol. The molecule has 0 aromatic rings. The molecule has 1 N–H and O–H groups in total. The Kier molecular flexibility index (Phi) is 4.44. The van der Waals surface area contributed by atoms with E-state index in [4.69, 9.17) is 39.9 Å². The number of alkyl halides is 3. The molecule has 0 fully saturated rings. The molecular formula is C4H3Cl3O5. The van der Waals surface area contributed by atoms with Crippen molar-refractivity contribution in [1.29, 1.82) is 0 Å². The van der Waals surface area contributed by atoms with E-state index in [2.05, 4.69) is 9.47 Å². The van der Waals surface area contributed by atoms with E-state index < -0.39 is 22.7 Å². The summed E-state index contributed by atoms with van der Waals surface area (Å²) in [4.78, 5) is 20.0. The summed E-state index contributed by atoms with van der Waals surface area (Å²) < 4.78 is 5.82. The molecule has 0 aliphatic heterocycles. The lowest BCUT2D eigenvalue weighted by Crippen LogP contribution is -2.19. The van der Waals surface area contributed by atoms with Crippen molar-refractivity contribution in [2.24, 2.45) is 0 Å². The number of carbonyl (C=O) groups excluding carboxylic acids is 1. The Morgan fingerprint density at radius 1 is 1.33 bits per heavy atom. The van der Waals surface area contributed by atoms with Crippen LogP contribution in [-0.2, 0) is 9.47 Å². The van der Waals surface area contributed by atoms with Crippen LogP contribution in [0.5, 0.6) is 0 Å². The van der Waals surface area contributed by atoms with Gasteiger partial charge in [-0.05, 0) is 0 Å². The molecule has 0 aromatic heterocycles. The molecule has 0 radical (unpaired) electrons. The third kappa shape index (κ3) is 7.71. The first-order valence-electron chi connectivity index (χ1n) is 2.45. The first-order valence-corrected chi connectivity index (χ1v) is 3.59. The van der Waals surface area contributed by atoms with Crippen molar-refractivity contribution >= 4 is 47.1 Å². The molecule has 0 bridgehead atoms. The van der Waals surface area contributed by atoms with Gasteiger partial charge in [-0.1, -0.05) is 34.8 Å². The Labute approximate surface area is 82.1 Å². The van der Waals surface area contributed by atoms with E-state index in [0.717, 1.165) is 0 Å². The predicted octanol–water partition coefficient (Wildman–Crippen LogP) is 2.19. The van der Waals surface area contributed by atoms with Gasteiger partial charge in [0.15, 0.2) is 0 Å². The van der Waals surface area contributed by atoms with Crippen LogP contribution in [0.4, 0.5) is 9.59 Å². The Bertz CT molecular complexity index is 186. The number of carboxylic acid groups (broad SMARTS) is 1. The van der Waals surface area contributed by atoms with Crippen molar-refractivity contribution in [2.75, 3.05) is 6.61 Å². The maximum Gasteiger partial charge on any atom is 0.518 e. The average molecular weight is 237 g/mol. The van der Waals surface area contributed by atoms with E-state index in [0.29, 0.717) is 0 Å². The first-order chi connectivity index (χ1) is 5.31. The first kappa shape index (κ1) is 11.6. The largest absolute Gasteiger partial charge is 0.518 e. The van der Waals surface area contributed by atoms with Crippen LogP contribution >= 0.6 is 34.8 Å². The molecule has 0 spiro atoms. The minimum absolute atomic E-state index is 0.580. The fraction of sp³-hybridized carbons (Fsp3) is 0.500. The maximum atomic E-state index is 10.3. The number of rotatable bonds is 1. The molecule has 0 aliphatic carbocycles. The highest BCUT2D eigenvalue weighted by molar-refractivity contribution is 6.67. The average Bonchev–Trinajstić information content (AvgIpc) is 1.80. The number of ether oxygens (including phenoxy) is 2. The van der Waals surface area contributed by atoms with Crippen LogP contribution in [0.2, 0.25) is 0 Å². The minimum Gasteiger partial charge on any atom is -0.449 e. The Morgan fingerprint density at radius 2 is 1.83 bits per heavy atom. The second-order valence-corrected chi connectivity index (χ2v) is 4.04. The summed E-state index contributed by atoms with van der Waals surface area (Å²) in [5.41, 5.74) is 0. The number of carbonyl (C=O) groups is 2. The number of halogens is 3. The van der Waals surface area contributed by atoms with Crippen LogP contribution in [-0.4, -0.2) is 27.8 Å². The highest BCUT2D eigenvalue weighted by atomic mass is 35.6. The quantitative estimate of drug-likeness (QED) is 0.430. The monoisotopic (exact) mass is 236 g/mol. The van der Waals surface area contributed by atoms with E-state index in [-0.39, 0.29) is 0 Å². The smallest absolute Gasteiger partial charge is 0.449 e. The standard InChI is InChI=1S/C4H3Cl3O5/c5-4(6,7)1-11-3(10)12-2(8)9/h1H2,(H,8,9). The van der Waals surface area contributed by atoms with Gasteiger partial charge in [0.05, 0.1) is 0 Å². The van der Waals surface area contributed by atoms with Crippen molar-refractivity contribution in [3.8, 4) is 0 Å². The van der Waals surface area contributed by atoms with Crippen LogP contribution in [0.25, 0.3) is 0 Å². The minimum atomic E-state index is -1.79. The van der Waals surface area contributed by atoms with Crippen molar-refractivity contribution < 1.29 is 24.2 Å².